The lowest BCUT2D eigenvalue weighted by Gasteiger charge is -2.16. The van der Waals surface area contributed by atoms with Crippen LogP contribution in [0.5, 0.6) is 5.75 Å². The van der Waals surface area contributed by atoms with Gasteiger partial charge in [0.1, 0.15) is 12.4 Å². The van der Waals surface area contributed by atoms with Crippen molar-refractivity contribution in [1.29, 1.82) is 0 Å². The molecule has 4 nitrogen and oxygen atoms in total. The Bertz CT molecular complexity index is 481. The molecule has 2 atom stereocenters. The van der Waals surface area contributed by atoms with Crippen molar-refractivity contribution < 1.29 is 19.4 Å². The van der Waals surface area contributed by atoms with E-state index in [1.165, 1.54) is 5.56 Å². The molecule has 0 spiro atoms. The lowest BCUT2D eigenvalue weighted by molar-refractivity contribution is -0.149. The maximum absolute atomic E-state index is 10.8. The lowest BCUT2D eigenvalue weighted by Crippen LogP contribution is -2.23. The zero-order chi connectivity index (χ0) is 14.0. The van der Waals surface area contributed by atoms with Gasteiger partial charge in [-0.2, -0.15) is 0 Å². The summed E-state index contributed by atoms with van der Waals surface area (Å²) < 4.78 is 11.2. The zero-order valence-corrected chi connectivity index (χ0v) is 11.6. The lowest BCUT2D eigenvalue weighted by atomic mass is 10.1. The van der Waals surface area contributed by atoms with Gasteiger partial charge in [0.05, 0.1) is 6.10 Å². The van der Waals surface area contributed by atoms with Crippen molar-refractivity contribution in [3.8, 4) is 5.75 Å². The molecule has 1 heterocycles. The number of rotatable bonds is 4. The Morgan fingerprint density at radius 1 is 1.37 bits per heavy atom. The van der Waals surface area contributed by atoms with E-state index in [0.717, 1.165) is 23.3 Å². The highest BCUT2D eigenvalue weighted by atomic mass is 16.6. The maximum atomic E-state index is 10.8. The highest BCUT2D eigenvalue weighted by Crippen LogP contribution is 2.25. The topological polar surface area (TPSA) is 55.8 Å². The van der Waals surface area contributed by atoms with Gasteiger partial charge in [0.15, 0.2) is 6.10 Å². The number of carboxylic acid groups (broad SMARTS) is 1. The van der Waals surface area contributed by atoms with Crippen LogP contribution in [0.3, 0.4) is 0 Å². The minimum absolute atomic E-state index is 0.124. The molecule has 0 radical (unpaired) electrons. The standard InChI is InChI=1S/C15H20O4/c1-9-6-10(2)11(3)14(7-9)18-8-12-4-5-13(19-12)15(16)17/h6-7,12-13H,4-5,8H2,1-3H3,(H,16,17). The molecule has 4 heteroatoms. The number of aryl methyl sites for hydroxylation is 2. The number of carbonyl (C=O) groups is 1. The van der Waals surface area contributed by atoms with E-state index in [1.807, 2.05) is 19.9 Å². The van der Waals surface area contributed by atoms with E-state index < -0.39 is 12.1 Å². The summed E-state index contributed by atoms with van der Waals surface area (Å²) in [6.07, 6.45) is 0.506. The van der Waals surface area contributed by atoms with Crippen LogP contribution in [0, 0.1) is 20.8 Å². The average Bonchev–Trinajstić information content (AvgIpc) is 2.81. The first-order chi connectivity index (χ1) is 8.97. The third kappa shape index (κ3) is 3.26. The molecule has 0 aliphatic carbocycles. The summed E-state index contributed by atoms with van der Waals surface area (Å²) in [6, 6.07) is 4.13. The Balaban J connectivity index is 1.95. The van der Waals surface area contributed by atoms with Gasteiger partial charge in [0.2, 0.25) is 0 Å². The number of benzene rings is 1. The van der Waals surface area contributed by atoms with Crippen molar-refractivity contribution in [1.82, 2.24) is 0 Å². The van der Waals surface area contributed by atoms with E-state index in [-0.39, 0.29) is 6.10 Å². The Morgan fingerprint density at radius 3 is 2.74 bits per heavy atom. The second-order valence-electron chi connectivity index (χ2n) is 5.18. The van der Waals surface area contributed by atoms with E-state index in [2.05, 4.69) is 13.0 Å². The molecule has 104 valence electrons. The monoisotopic (exact) mass is 264 g/mol. The van der Waals surface area contributed by atoms with Crippen LogP contribution in [0.15, 0.2) is 12.1 Å². The highest BCUT2D eigenvalue weighted by Gasteiger charge is 2.30. The first-order valence-electron chi connectivity index (χ1n) is 6.56. The second kappa shape index (κ2) is 5.61. The molecule has 1 fully saturated rings. The summed E-state index contributed by atoms with van der Waals surface area (Å²) in [5, 5.41) is 8.87. The third-order valence-electron chi connectivity index (χ3n) is 3.57. The van der Waals surface area contributed by atoms with E-state index >= 15 is 0 Å². The van der Waals surface area contributed by atoms with Crippen LogP contribution in [0.2, 0.25) is 0 Å². The summed E-state index contributed by atoms with van der Waals surface area (Å²) in [4.78, 5) is 10.8. The Labute approximate surface area is 113 Å². The largest absolute Gasteiger partial charge is 0.491 e. The highest BCUT2D eigenvalue weighted by molar-refractivity contribution is 5.72. The first kappa shape index (κ1) is 13.9. The van der Waals surface area contributed by atoms with Gasteiger partial charge in [-0.3, -0.25) is 0 Å². The minimum Gasteiger partial charge on any atom is -0.491 e. The quantitative estimate of drug-likeness (QED) is 0.908. The molecule has 1 aromatic carbocycles. The number of ether oxygens (including phenoxy) is 2. The molecule has 1 aliphatic heterocycles. The maximum Gasteiger partial charge on any atom is 0.332 e. The summed E-state index contributed by atoms with van der Waals surface area (Å²) in [5.41, 5.74) is 3.48. The van der Waals surface area contributed by atoms with Crippen molar-refractivity contribution in [3.63, 3.8) is 0 Å². The average molecular weight is 264 g/mol. The summed E-state index contributed by atoms with van der Waals surface area (Å²) in [7, 11) is 0. The Hall–Kier alpha value is -1.55. The van der Waals surface area contributed by atoms with Crippen LogP contribution < -0.4 is 4.74 Å². The van der Waals surface area contributed by atoms with E-state index in [1.54, 1.807) is 0 Å². The molecule has 0 amide bonds. The summed E-state index contributed by atoms with van der Waals surface area (Å²) in [6.45, 7) is 6.53. The van der Waals surface area contributed by atoms with Crippen molar-refractivity contribution in [2.75, 3.05) is 6.61 Å². The van der Waals surface area contributed by atoms with Crippen LogP contribution in [0.4, 0.5) is 0 Å². The fourth-order valence-electron chi connectivity index (χ4n) is 2.34. The number of carboxylic acids is 1. The summed E-state index contributed by atoms with van der Waals surface area (Å²) >= 11 is 0. The minimum atomic E-state index is -0.884. The summed E-state index contributed by atoms with van der Waals surface area (Å²) in [5.74, 6) is -0.0232. The fraction of sp³-hybridized carbons (Fsp3) is 0.533. The fourth-order valence-corrected chi connectivity index (χ4v) is 2.34. The molecule has 0 aromatic heterocycles. The van der Waals surface area contributed by atoms with Gasteiger partial charge in [-0.15, -0.1) is 0 Å². The van der Waals surface area contributed by atoms with Gasteiger partial charge in [0, 0.05) is 0 Å². The van der Waals surface area contributed by atoms with E-state index in [0.29, 0.717) is 13.0 Å². The van der Waals surface area contributed by atoms with Crippen LogP contribution in [-0.4, -0.2) is 29.9 Å². The smallest absolute Gasteiger partial charge is 0.332 e. The van der Waals surface area contributed by atoms with Crippen molar-refractivity contribution >= 4 is 5.97 Å². The van der Waals surface area contributed by atoms with Crippen LogP contribution >= 0.6 is 0 Å². The molecule has 2 rings (SSSR count). The number of aliphatic carboxylic acids is 1. The molecular weight excluding hydrogens is 244 g/mol. The zero-order valence-electron chi connectivity index (χ0n) is 11.6. The van der Waals surface area contributed by atoms with E-state index in [9.17, 15) is 4.79 Å². The molecular formula is C15H20O4. The van der Waals surface area contributed by atoms with Crippen molar-refractivity contribution in [3.05, 3.63) is 28.8 Å². The molecule has 1 N–H and O–H groups in total. The first-order valence-corrected chi connectivity index (χ1v) is 6.56. The molecule has 19 heavy (non-hydrogen) atoms. The van der Waals surface area contributed by atoms with Gasteiger partial charge in [-0.25, -0.2) is 4.79 Å². The number of hydrogen-bond donors (Lipinski definition) is 1. The van der Waals surface area contributed by atoms with Gasteiger partial charge in [-0.05, 0) is 56.4 Å². The molecule has 0 saturated carbocycles. The van der Waals surface area contributed by atoms with Crippen LogP contribution in [0.25, 0.3) is 0 Å². The van der Waals surface area contributed by atoms with E-state index in [4.69, 9.17) is 14.6 Å². The Morgan fingerprint density at radius 2 is 2.11 bits per heavy atom. The molecule has 2 unspecified atom stereocenters. The predicted octanol–water partition coefficient (Wildman–Crippen LogP) is 2.62. The van der Waals surface area contributed by atoms with Gasteiger partial charge in [0.25, 0.3) is 0 Å². The van der Waals surface area contributed by atoms with Crippen molar-refractivity contribution in [2.45, 2.75) is 45.8 Å². The molecule has 1 aliphatic rings. The Kier molecular flexibility index (Phi) is 4.10. The SMILES string of the molecule is Cc1cc(C)c(C)c(OCC2CCC(C(=O)O)O2)c1. The number of hydrogen-bond acceptors (Lipinski definition) is 3. The predicted molar refractivity (Wildman–Crippen MR) is 71.7 cm³/mol. The molecule has 0 bridgehead atoms. The van der Waals surface area contributed by atoms with Gasteiger partial charge in [-0.1, -0.05) is 6.07 Å². The second-order valence-corrected chi connectivity index (χ2v) is 5.18. The van der Waals surface area contributed by atoms with Crippen molar-refractivity contribution in [2.24, 2.45) is 0 Å². The molecule has 1 saturated heterocycles. The van der Waals surface area contributed by atoms with Crippen LogP contribution in [0.1, 0.15) is 29.5 Å². The van der Waals surface area contributed by atoms with Gasteiger partial charge < -0.3 is 14.6 Å². The molecule has 1 aromatic rings. The normalized spacial score (nSPS) is 22.5. The van der Waals surface area contributed by atoms with Gasteiger partial charge >= 0.3 is 5.97 Å². The third-order valence-corrected chi connectivity index (χ3v) is 3.57. The van der Waals surface area contributed by atoms with Crippen LogP contribution in [-0.2, 0) is 9.53 Å².